The Kier molecular flexibility index (Phi) is 4.50. The van der Waals surface area contributed by atoms with Gasteiger partial charge in [0.05, 0.1) is 11.6 Å². The van der Waals surface area contributed by atoms with E-state index in [4.69, 9.17) is 0 Å². The van der Waals surface area contributed by atoms with Crippen LogP contribution in [0.15, 0.2) is 60.9 Å². The molecule has 6 heteroatoms. The number of aromatic amines is 1. The van der Waals surface area contributed by atoms with Crippen LogP contribution >= 0.6 is 0 Å². The Bertz CT molecular complexity index is 879. The third kappa shape index (κ3) is 3.36. The van der Waals surface area contributed by atoms with Crippen molar-refractivity contribution in [1.29, 1.82) is 0 Å². The molecule has 1 aromatic carbocycles. The maximum Gasteiger partial charge on any atom is 0.308 e. The van der Waals surface area contributed by atoms with Crippen molar-refractivity contribution < 1.29 is 9.90 Å². The molecule has 0 unspecified atom stereocenters. The highest BCUT2D eigenvalue weighted by molar-refractivity contribution is 5.72. The number of nitrogens with one attached hydrogen (secondary N) is 1. The zero-order valence-electron chi connectivity index (χ0n) is 14.2. The van der Waals surface area contributed by atoms with Crippen molar-refractivity contribution in [2.24, 2.45) is 5.92 Å². The Morgan fingerprint density at radius 3 is 2.65 bits per heavy atom. The number of hydrogen-bond acceptors (Lipinski definition) is 4. The minimum absolute atomic E-state index is 0.0105. The molecule has 1 saturated heterocycles. The smallest absolute Gasteiger partial charge is 0.308 e. The molecule has 4 rings (SSSR count). The van der Waals surface area contributed by atoms with Crippen LogP contribution in [-0.4, -0.2) is 44.2 Å². The first-order valence-electron chi connectivity index (χ1n) is 8.65. The van der Waals surface area contributed by atoms with Gasteiger partial charge < -0.3 is 5.11 Å². The molecule has 0 amide bonds. The molecular formula is C20H20N4O2. The average molecular weight is 348 g/mol. The topological polar surface area (TPSA) is 82.1 Å². The summed E-state index contributed by atoms with van der Waals surface area (Å²) in [5.74, 6) is -1.11. The number of benzene rings is 1. The number of H-pyrrole nitrogens is 1. The van der Waals surface area contributed by atoms with Crippen LogP contribution in [0, 0.1) is 5.92 Å². The number of aliphatic carboxylic acids is 1. The molecule has 2 atom stereocenters. The minimum atomic E-state index is -0.733. The number of carbonyl (C=O) groups is 1. The molecule has 1 aliphatic rings. The first kappa shape index (κ1) is 16.5. The van der Waals surface area contributed by atoms with Gasteiger partial charge in [0.2, 0.25) is 0 Å². The third-order valence-corrected chi connectivity index (χ3v) is 4.94. The van der Waals surface area contributed by atoms with Gasteiger partial charge in [-0.2, -0.15) is 5.10 Å². The summed E-state index contributed by atoms with van der Waals surface area (Å²) in [5, 5.41) is 17.1. The lowest BCUT2D eigenvalue weighted by molar-refractivity contribution is -0.141. The lowest BCUT2D eigenvalue weighted by atomic mass is 9.89. The standard InChI is InChI=1S/C20H20N4O2/c25-20(26)18-13-24(12-17(18)14-4-2-1-3-5-14)11-16-10-19(23-22-16)15-6-8-21-9-7-15/h1-10,17-18H,11-13H2,(H,22,23)(H,25,26)/t17-,18+/m0/s1. The number of likely N-dealkylation sites (tertiary alicyclic amines) is 1. The predicted octanol–water partition coefficient (Wildman–Crippen LogP) is 2.77. The molecule has 3 heterocycles. The van der Waals surface area contributed by atoms with Crippen LogP contribution in [0.5, 0.6) is 0 Å². The number of carboxylic acids is 1. The van der Waals surface area contributed by atoms with E-state index in [1.807, 2.05) is 48.5 Å². The maximum absolute atomic E-state index is 11.7. The van der Waals surface area contributed by atoms with Crippen LogP contribution in [0.1, 0.15) is 17.2 Å². The van der Waals surface area contributed by atoms with Gasteiger partial charge in [-0.25, -0.2) is 0 Å². The van der Waals surface area contributed by atoms with Gasteiger partial charge in [-0.1, -0.05) is 30.3 Å². The molecule has 2 aromatic heterocycles. The summed E-state index contributed by atoms with van der Waals surface area (Å²) >= 11 is 0. The van der Waals surface area contributed by atoms with Gasteiger partial charge in [0, 0.05) is 49.2 Å². The normalized spacial score (nSPS) is 20.3. The van der Waals surface area contributed by atoms with Crippen molar-refractivity contribution in [1.82, 2.24) is 20.1 Å². The quantitative estimate of drug-likeness (QED) is 0.741. The van der Waals surface area contributed by atoms with Crippen molar-refractivity contribution in [3.8, 4) is 11.3 Å². The molecule has 26 heavy (non-hydrogen) atoms. The largest absolute Gasteiger partial charge is 0.481 e. The Balaban J connectivity index is 1.49. The average Bonchev–Trinajstić information content (AvgIpc) is 3.31. The van der Waals surface area contributed by atoms with Crippen molar-refractivity contribution >= 4 is 5.97 Å². The fourth-order valence-corrected chi connectivity index (χ4v) is 3.66. The van der Waals surface area contributed by atoms with Crippen molar-refractivity contribution in [3.63, 3.8) is 0 Å². The fourth-order valence-electron chi connectivity index (χ4n) is 3.66. The molecule has 6 nitrogen and oxygen atoms in total. The SMILES string of the molecule is O=C(O)[C@@H]1CN(Cc2cc(-c3ccncc3)n[nH]2)C[C@H]1c1ccccc1. The molecule has 1 fully saturated rings. The van der Waals surface area contributed by atoms with E-state index < -0.39 is 5.97 Å². The Hall–Kier alpha value is -2.99. The van der Waals surface area contributed by atoms with Crippen LogP contribution in [0.3, 0.4) is 0 Å². The monoisotopic (exact) mass is 348 g/mol. The summed E-state index contributed by atoms with van der Waals surface area (Å²) in [6, 6.07) is 15.8. The van der Waals surface area contributed by atoms with Crippen LogP contribution in [0.4, 0.5) is 0 Å². The molecule has 2 N–H and O–H groups in total. The van der Waals surface area contributed by atoms with Gasteiger partial charge in [-0.05, 0) is 23.8 Å². The summed E-state index contributed by atoms with van der Waals surface area (Å²) < 4.78 is 0. The zero-order valence-corrected chi connectivity index (χ0v) is 14.2. The molecule has 0 radical (unpaired) electrons. The van der Waals surface area contributed by atoms with Gasteiger partial charge in [-0.3, -0.25) is 19.8 Å². The van der Waals surface area contributed by atoms with Gasteiger partial charge in [0.25, 0.3) is 0 Å². The van der Waals surface area contributed by atoms with E-state index in [2.05, 4.69) is 20.1 Å². The number of aromatic nitrogens is 3. The van der Waals surface area contributed by atoms with Crippen molar-refractivity contribution in [2.45, 2.75) is 12.5 Å². The lowest BCUT2D eigenvalue weighted by Gasteiger charge is -2.15. The zero-order chi connectivity index (χ0) is 17.9. The summed E-state index contributed by atoms with van der Waals surface area (Å²) in [4.78, 5) is 17.9. The van der Waals surface area contributed by atoms with E-state index >= 15 is 0 Å². The van der Waals surface area contributed by atoms with Crippen LogP contribution < -0.4 is 0 Å². The number of pyridine rings is 1. The van der Waals surface area contributed by atoms with Crippen LogP contribution in [0.2, 0.25) is 0 Å². The number of carboxylic acid groups (broad SMARTS) is 1. The molecular weight excluding hydrogens is 328 g/mol. The van der Waals surface area contributed by atoms with Gasteiger partial charge in [0.1, 0.15) is 0 Å². The van der Waals surface area contributed by atoms with Crippen LogP contribution in [-0.2, 0) is 11.3 Å². The summed E-state index contributed by atoms with van der Waals surface area (Å²) in [7, 11) is 0. The van der Waals surface area contributed by atoms with Gasteiger partial charge in [0.15, 0.2) is 0 Å². The van der Waals surface area contributed by atoms with Gasteiger partial charge >= 0.3 is 5.97 Å². The molecule has 132 valence electrons. The Labute approximate surface area is 151 Å². The Morgan fingerprint density at radius 1 is 1.15 bits per heavy atom. The predicted molar refractivity (Wildman–Crippen MR) is 97.4 cm³/mol. The molecule has 0 aliphatic carbocycles. The van der Waals surface area contributed by atoms with E-state index in [0.717, 1.165) is 29.1 Å². The molecule has 0 bridgehead atoms. The van der Waals surface area contributed by atoms with Crippen LogP contribution in [0.25, 0.3) is 11.3 Å². The van der Waals surface area contributed by atoms with E-state index in [9.17, 15) is 9.90 Å². The van der Waals surface area contributed by atoms with E-state index in [-0.39, 0.29) is 11.8 Å². The van der Waals surface area contributed by atoms with E-state index in [0.29, 0.717) is 13.1 Å². The first-order chi connectivity index (χ1) is 12.7. The molecule has 1 aliphatic heterocycles. The number of nitrogens with zero attached hydrogens (tertiary/aromatic N) is 3. The fraction of sp³-hybridized carbons (Fsp3) is 0.250. The van der Waals surface area contributed by atoms with E-state index in [1.165, 1.54) is 0 Å². The second-order valence-corrected chi connectivity index (χ2v) is 6.67. The second-order valence-electron chi connectivity index (χ2n) is 6.67. The highest BCUT2D eigenvalue weighted by Gasteiger charge is 2.38. The van der Waals surface area contributed by atoms with Crippen molar-refractivity contribution in [3.05, 3.63) is 72.2 Å². The van der Waals surface area contributed by atoms with E-state index in [1.54, 1.807) is 12.4 Å². The summed E-state index contributed by atoms with van der Waals surface area (Å²) in [6.45, 7) is 1.92. The summed E-state index contributed by atoms with van der Waals surface area (Å²) in [5.41, 5.74) is 3.95. The number of rotatable bonds is 5. The summed E-state index contributed by atoms with van der Waals surface area (Å²) in [6.07, 6.45) is 3.48. The highest BCUT2D eigenvalue weighted by atomic mass is 16.4. The minimum Gasteiger partial charge on any atom is -0.481 e. The number of hydrogen-bond donors (Lipinski definition) is 2. The first-order valence-corrected chi connectivity index (χ1v) is 8.65. The molecule has 0 saturated carbocycles. The second kappa shape index (κ2) is 7.09. The highest BCUT2D eigenvalue weighted by Crippen LogP contribution is 2.33. The lowest BCUT2D eigenvalue weighted by Crippen LogP contribution is -2.23. The van der Waals surface area contributed by atoms with Crippen molar-refractivity contribution in [2.75, 3.05) is 13.1 Å². The Morgan fingerprint density at radius 2 is 1.92 bits per heavy atom. The molecule has 3 aromatic rings. The maximum atomic E-state index is 11.7. The third-order valence-electron chi connectivity index (χ3n) is 4.94. The molecule has 0 spiro atoms. The van der Waals surface area contributed by atoms with Gasteiger partial charge in [-0.15, -0.1) is 0 Å².